The fraction of sp³-hybridized carbons (Fsp3) is 0. The van der Waals surface area contributed by atoms with Crippen LogP contribution in [0.5, 0.6) is 0 Å². The summed E-state index contributed by atoms with van der Waals surface area (Å²) >= 11 is 1.38. The van der Waals surface area contributed by atoms with Gasteiger partial charge in [0.1, 0.15) is 5.76 Å². The topological polar surface area (TPSA) is 30.2 Å². The number of hydrogen-bond donors (Lipinski definition) is 0. The highest BCUT2D eigenvalue weighted by molar-refractivity contribution is 7.14. The highest BCUT2D eigenvalue weighted by Gasteiger charge is 1.93. The maximum atomic E-state index is 10.4. The number of carbonyl (C=O) groups excluding carboxylic acids is 1. The van der Waals surface area contributed by atoms with E-state index < -0.39 is 0 Å². The lowest BCUT2D eigenvalue weighted by atomic mass is 10.4. The van der Waals surface area contributed by atoms with Crippen LogP contribution in [0.2, 0.25) is 0 Å². The minimum absolute atomic E-state index is 0.694. The molecule has 0 radical (unpaired) electrons. The van der Waals surface area contributed by atoms with Gasteiger partial charge in [-0.05, 0) is 36.4 Å². The Kier molecular flexibility index (Phi) is 3.37. The third kappa shape index (κ3) is 2.72. The molecule has 0 aliphatic carbocycles. The van der Waals surface area contributed by atoms with E-state index in [0.29, 0.717) is 4.88 Å². The van der Waals surface area contributed by atoms with Crippen LogP contribution in [0.4, 0.5) is 0 Å². The number of hydrogen-bond acceptors (Lipinski definition) is 3. The van der Waals surface area contributed by atoms with Gasteiger partial charge in [-0.15, -0.1) is 11.3 Å². The Morgan fingerprint density at radius 3 is 2.94 bits per heavy atom. The molecule has 0 aliphatic heterocycles. The van der Waals surface area contributed by atoms with E-state index in [1.54, 1.807) is 24.5 Å². The molecule has 0 amide bonds. The van der Waals surface area contributed by atoms with Crippen molar-refractivity contribution in [2.45, 2.75) is 0 Å². The molecule has 0 N–H and O–H groups in total. The highest BCUT2D eigenvalue weighted by Crippen LogP contribution is 2.12. The van der Waals surface area contributed by atoms with Crippen LogP contribution >= 0.6 is 11.3 Å². The molecular formula is C13H8O2S. The fourth-order valence-electron chi connectivity index (χ4n) is 1.11. The molecule has 0 bridgehead atoms. The third-order valence-corrected chi connectivity index (χ3v) is 2.74. The largest absolute Gasteiger partial charge is 0.465 e. The molecule has 0 saturated heterocycles. The molecule has 2 heterocycles. The number of aldehydes is 1. The van der Waals surface area contributed by atoms with Crippen molar-refractivity contribution in [2.75, 3.05) is 0 Å². The summed E-state index contributed by atoms with van der Waals surface area (Å²) in [5.74, 6) is 6.60. The summed E-state index contributed by atoms with van der Waals surface area (Å²) in [4.78, 5) is 12.0. The van der Waals surface area contributed by atoms with Gasteiger partial charge in [-0.2, -0.15) is 0 Å². The van der Waals surface area contributed by atoms with Crippen molar-refractivity contribution in [3.63, 3.8) is 0 Å². The number of allylic oxidation sites excluding steroid dienone is 1. The van der Waals surface area contributed by atoms with Crippen molar-refractivity contribution < 1.29 is 9.21 Å². The first kappa shape index (κ1) is 10.5. The van der Waals surface area contributed by atoms with Crippen molar-refractivity contribution in [1.29, 1.82) is 0 Å². The summed E-state index contributed by atoms with van der Waals surface area (Å²) in [6.45, 7) is 0. The van der Waals surface area contributed by atoms with Crippen LogP contribution in [0.25, 0.3) is 6.08 Å². The van der Waals surface area contributed by atoms with Crippen LogP contribution in [-0.2, 0) is 0 Å². The quantitative estimate of drug-likeness (QED) is 0.583. The van der Waals surface area contributed by atoms with Gasteiger partial charge in [0.15, 0.2) is 6.29 Å². The Hall–Kier alpha value is -2.05. The summed E-state index contributed by atoms with van der Waals surface area (Å²) in [5, 5.41) is 0. The molecule has 3 heteroatoms. The average molecular weight is 228 g/mol. The van der Waals surface area contributed by atoms with E-state index in [0.717, 1.165) is 16.9 Å². The van der Waals surface area contributed by atoms with E-state index in [1.807, 2.05) is 18.2 Å². The molecule has 0 aromatic carbocycles. The predicted molar refractivity (Wildman–Crippen MR) is 64.3 cm³/mol. The zero-order chi connectivity index (χ0) is 11.2. The maximum absolute atomic E-state index is 10.4. The molecule has 2 aromatic rings. The van der Waals surface area contributed by atoms with Gasteiger partial charge >= 0.3 is 0 Å². The minimum atomic E-state index is 0.694. The first-order chi connectivity index (χ1) is 7.88. The third-order valence-electron chi connectivity index (χ3n) is 1.81. The van der Waals surface area contributed by atoms with E-state index in [1.165, 1.54) is 11.3 Å². The van der Waals surface area contributed by atoms with Crippen molar-refractivity contribution in [3.8, 4) is 11.8 Å². The van der Waals surface area contributed by atoms with Gasteiger partial charge in [-0.3, -0.25) is 4.79 Å². The van der Waals surface area contributed by atoms with E-state index in [9.17, 15) is 4.79 Å². The first-order valence-corrected chi connectivity index (χ1v) is 5.47. The van der Waals surface area contributed by atoms with Crippen LogP contribution in [0.15, 0.2) is 41.0 Å². The van der Waals surface area contributed by atoms with Gasteiger partial charge in [0, 0.05) is 0 Å². The van der Waals surface area contributed by atoms with Crippen LogP contribution < -0.4 is 0 Å². The van der Waals surface area contributed by atoms with Gasteiger partial charge < -0.3 is 4.42 Å². The van der Waals surface area contributed by atoms with Crippen LogP contribution in [-0.4, -0.2) is 6.29 Å². The van der Waals surface area contributed by atoms with E-state index in [4.69, 9.17) is 4.42 Å². The zero-order valence-electron chi connectivity index (χ0n) is 8.34. The number of carbonyl (C=O) groups is 1. The Morgan fingerprint density at radius 2 is 2.25 bits per heavy atom. The normalized spacial score (nSPS) is 10.0. The number of furan rings is 1. The van der Waals surface area contributed by atoms with Gasteiger partial charge in [0.2, 0.25) is 0 Å². The molecule has 0 saturated carbocycles. The van der Waals surface area contributed by atoms with Crippen LogP contribution in [0.3, 0.4) is 0 Å². The van der Waals surface area contributed by atoms with Crippen molar-refractivity contribution in [2.24, 2.45) is 0 Å². The molecular weight excluding hydrogens is 220 g/mol. The minimum Gasteiger partial charge on any atom is -0.465 e. The lowest BCUT2D eigenvalue weighted by Gasteiger charge is -1.78. The molecule has 0 spiro atoms. The van der Waals surface area contributed by atoms with E-state index >= 15 is 0 Å². The van der Waals surface area contributed by atoms with E-state index in [2.05, 4.69) is 11.8 Å². The number of rotatable bonds is 2. The van der Waals surface area contributed by atoms with Crippen LogP contribution in [0, 0.1) is 11.8 Å². The Labute approximate surface area is 97.2 Å². The second kappa shape index (κ2) is 5.15. The molecule has 2 rings (SSSR count). The molecule has 0 unspecified atom stereocenters. The SMILES string of the molecule is O=Cc1ccc(C#CC=Cc2ccco2)s1. The van der Waals surface area contributed by atoms with Crippen LogP contribution in [0.1, 0.15) is 20.3 Å². The van der Waals surface area contributed by atoms with Gasteiger partial charge in [0.25, 0.3) is 0 Å². The van der Waals surface area contributed by atoms with Crippen molar-refractivity contribution in [3.05, 3.63) is 52.1 Å². The van der Waals surface area contributed by atoms with Crippen molar-refractivity contribution in [1.82, 2.24) is 0 Å². The highest BCUT2D eigenvalue weighted by atomic mass is 32.1. The average Bonchev–Trinajstić information content (AvgIpc) is 2.95. The Bertz CT molecular complexity index is 550. The molecule has 0 fully saturated rings. The molecule has 2 aromatic heterocycles. The summed E-state index contributed by atoms with van der Waals surface area (Å²) in [6, 6.07) is 7.27. The van der Waals surface area contributed by atoms with E-state index in [-0.39, 0.29) is 0 Å². The predicted octanol–water partition coefficient (Wildman–Crippen LogP) is 3.22. The molecule has 0 aliphatic rings. The first-order valence-electron chi connectivity index (χ1n) is 4.65. The summed E-state index contributed by atoms with van der Waals surface area (Å²) in [5.41, 5.74) is 0. The number of thiophene rings is 1. The molecule has 78 valence electrons. The molecule has 2 nitrogen and oxygen atoms in total. The standard InChI is InChI=1S/C13H8O2S/c14-10-13-8-7-12(16-13)6-2-1-4-11-5-3-9-15-11/h1,3-5,7-10H. The second-order valence-electron chi connectivity index (χ2n) is 2.94. The zero-order valence-corrected chi connectivity index (χ0v) is 9.16. The van der Waals surface area contributed by atoms with Gasteiger partial charge in [-0.25, -0.2) is 0 Å². The van der Waals surface area contributed by atoms with Crippen molar-refractivity contribution >= 4 is 23.7 Å². The summed E-state index contributed by atoms with van der Waals surface area (Å²) in [6.07, 6.45) is 5.96. The fourth-order valence-corrected chi connectivity index (χ4v) is 1.79. The Morgan fingerprint density at radius 1 is 1.31 bits per heavy atom. The Balaban J connectivity index is 2.02. The van der Waals surface area contributed by atoms with Gasteiger partial charge in [0.05, 0.1) is 16.0 Å². The lowest BCUT2D eigenvalue weighted by Crippen LogP contribution is -1.62. The monoisotopic (exact) mass is 228 g/mol. The maximum Gasteiger partial charge on any atom is 0.160 e. The summed E-state index contributed by atoms with van der Waals surface area (Å²) < 4.78 is 5.11. The van der Waals surface area contributed by atoms with Gasteiger partial charge in [-0.1, -0.05) is 11.8 Å². The lowest BCUT2D eigenvalue weighted by molar-refractivity contribution is 0.112. The molecule has 0 atom stereocenters. The molecule has 16 heavy (non-hydrogen) atoms. The summed E-state index contributed by atoms with van der Waals surface area (Å²) in [7, 11) is 0. The smallest absolute Gasteiger partial charge is 0.160 e. The second-order valence-corrected chi connectivity index (χ2v) is 4.05.